The summed E-state index contributed by atoms with van der Waals surface area (Å²) in [7, 11) is 0. The fraction of sp³-hybridized carbons (Fsp3) is 0.731. The Labute approximate surface area is 170 Å². The number of carbonyl (C=O) groups is 1. The number of hydrogen-bond acceptors (Lipinski definition) is 2. The standard InChI is InChI=1S/C26H36O2/c1-25-14-12-20(27)16-19(25)8-9-21-22-10-11-24(26(22,2)15-13-23(21)25)28-17-18-6-4-3-5-7-18/h3-7,19,21-24H,8-17H2,1-2H3/t19-,21+,22+,23+,24-,25-,26+/m0/s1. The molecule has 4 fully saturated rings. The molecular formula is C26H36O2. The first kappa shape index (κ1) is 18.9. The molecule has 0 N–H and O–H groups in total. The summed E-state index contributed by atoms with van der Waals surface area (Å²) < 4.78 is 6.54. The van der Waals surface area contributed by atoms with Gasteiger partial charge in [-0.05, 0) is 85.0 Å². The molecule has 0 aromatic heterocycles. The van der Waals surface area contributed by atoms with E-state index in [-0.39, 0.29) is 0 Å². The van der Waals surface area contributed by atoms with Gasteiger partial charge in [-0.2, -0.15) is 0 Å². The van der Waals surface area contributed by atoms with Gasteiger partial charge in [0.25, 0.3) is 0 Å². The summed E-state index contributed by atoms with van der Waals surface area (Å²) in [4.78, 5) is 12.1. The lowest BCUT2D eigenvalue weighted by molar-refractivity contribution is -0.146. The summed E-state index contributed by atoms with van der Waals surface area (Å²) in [6.45, 7) is 5.83. The van der Waals surface area contributed by atoms with E-state index in [0.29, 0.717) is 28.6 Å². The lowest BCUT2D eigenvalue weighted by atomic mass is 9.45. The Bertz CT molecular complexity index is 727. The Morgan fingerprint density at radius 3 is 2.54 bits per heavy atom. The third-order valence-electron chi connectivity index (χ3n) is 9.69. The van der Waals surface area contributed by atoms with E-state index in [9.17, 15) is 4.79 Å². The lowest BCUT2D eigenvalue weighted by Gasteiger charge is -2.60. The van der Waals surface area contributed by atoms with E-state index in [1.54, 1.807) is 0 Å². The molecule has 0 unspecified atom stereocenters. The SMILES string of the molecule is C[C@]12CCC(=O)C[C@@H]1CC[C@H]1[C@H]2CC[C@@]2(C)[C@@H](OCc3ccccc3)CC[C@H]12. The molecule has 1 aromatic rings. The summed E-state index contributed by atoms with van der Waals surface area (Å²) >= 11 is 0. The van der Waals surface area contributed by atoms with Crippen LogP contribution < -0.4 is 0 Å². The van der Waals surface area contributed by atoms with Crippen molar-refractivity contribution in [2.24, 2.45) is 34.5 Å². The van der Waals surface area contributed by atoms with Crippen molar-refractivity contribution < 1.29 is 9.53 Å². The van der Waals surface area contributed by atoms with Crippen LogP contribution >= 0.6 is 0 Å². The number of fused-ring (bicyclic) bond motifs is 5. The van der Waals surface area contributed by atoms with Crippen LogP contribution in [0.2, 0.25) is 0 Å². The molecule has 0 bridgehead atoms. The average molecular weight is 381 g/mol. The Hall–Kier alpha value is -1.15. The molecule has 0 heterocycles. The topological polar surface area (TPSA) is 26.3 Å². The molecule has 0 radical (unpaired) electrons. The maximum absolute atomic E-state index is 12.1. The van der Waals surface area contributed by atoms with E-state index in [2.05, 4.69) is 44.2 Å². The number of Topliss-reactive ketones (excluding diaryl/α,β-unsaturated/α-hetero) is 1. The second kappa shape index (κ2) is 6.97. The number of benzene rings is 1. The third kappa shape index (κ3) is 2.90. The molecule has 4 aliphatic rings. The molecular weight excluding hydrogens is 344 g/mol. The van der Waals surface area contributed by atoms with Crippen molar-refractivity contribution in [2.75, 3.05) is 0 Å². The quantitative estimate of drug-likeness (QED) is 0.625. The Balaban J connectivity index is 1.32. The summed E-state index contributed by atoms with van der Waals surface area (Å²) in [6.07, 6.45) is 11.1. The zero-order valence-electron chi connectivity index (χ0n) is 17.7. The van der Waals surface area contributed by atoms with Crippen molar-refractivity contribution in [3.05, 3.63) is 35.9 Å². The smallest absolute Gasteiger partial charge is 0.133 e. The van der Waals surface area contributed by atoms with Crippen molar-refractivity contribution >= 4 is 5.78 Å². The van der Waals surface area contributed by atoms with Crippen LogP contribution in [0.15, 0.2) is 30.3 Å². The second-order valence-corrected chi connectivity index (χ2v) is 10.8. The number of hydrogen-bond donors (Lipinski definition) is 0. The predicted molar refractivity (Wildman–Crippen MR) is 112 cm³/mol. The molecule has 1 aromatic carbocycles. The monoisotopic (exact) mass is 380 g/mol. The van der Waals surface area contributed by atoms with Gasteiger partial charge in [-0.1, -0.05) is 44.2 Å². The van der Waals surface area contributed by atoms with Gasteiger partial charge in [0.2, 0.25) is 0 Å². The molecule has 4 aliphatic carbocycles. The number of ether oxygens (including phenoxy) is 1. The fourth-order valence-electron chi connectivity index (χ4n) is 8.04. The Morgan fingerprint density at radius 1 is 0.929 bits per heavy atom. The second-order valence-electron chi connectivity index (χ2n) is 10.8. The van der Waals surface area contributed by atoms with Crippen molar-refractivity contribution in [3.8, 4) is 0 Å². The van der Waals surface area contributed by atoms with Gasteiger partial charge >= 0.3 is 0 Å². The summed E-state index contributed by atoms with van der Waals surface area (Å²) in [6, 6.07) is 10.7. The normalized spacial score (nSPS) is 45.2. The van der Waals surface area contributed by atoms with E-state index in [1.807, 2.05) is 0 Å². The highest BCUT2D eigenvalue weighted by Gasteiger charge is 2.60. The molecule has 0 saturated heterocycles. The minimum atomic E-state index is 0.351. The van der Waals surface area contributed by atoms with Gasteiger partial charge in [0.1, 0.15) is 5.78 Å². The van der Waals surface area contributed by atoms with Crippen LogP contribution in [0.3, 0.4) is 0 Å². The predicted octanol–water partition coefficient (Wildman–Crippen LogP) is 6.18. The zero-order valence-corrected chi connectivity index (χ0v) is 17.7. The van der Waals surface area contributed by atoms with E-state index in [0.717, 1.165) is 43.6 Å². The molecule has 2 nitrogen and oxygen atoms in total. The van der Waals surface area contributed by atoms with Crippen molar-refractivity contribution in [2.45, 2.75) is 84.3 Å². The van der Waals surface area contributed by atoms with Crippen LogP contribution in [0.5, 0.6) is 0 Å². The van der Waals surface area contributed by atoms with Crippen molar-refractivity contribution in [1.29, 1.82) is 0 Å². The Kier molecular flexibility index (Phi) is 4.69. The maximum Gasteiger partial charge on any atom is 0.133 e. The van der Waals surface area contributed by atoms with Gasteiger partial charge in [0.15, 0.2) is 0 Å². The molecule has 0 aliphatic heterocycles. The number of carbonyl (C=O) groups excluding carboxylic acids is 1. The fourth-order valence-corrected chi connectivity index (χ4v) is 8.04. The van der Waals surface area contributed by atoms with Crippen LogP contribution in [0.1, 0.15) is 77.2 Å². The van der Waals surface area contributed by atoms with Crippen molar-refractivity contribution in [1.82, 2.24) is 0 Å². The molecule has 5 rings (SSSR count). The molecule has 7 atom stereocenters. The maximum atomic E-state index is 12.1. The van der Waals surface area contributed by atoms with Crippen LogP contribution in [-0.2, 0) is 16.1 Å². The number of ketones is 1. The minimum absolute atomic E-state index is 0.351. The van der Waals surface area contributed by atoms with E-state index >= 15 is 0 Å². The summed E-state index contributed by atoms with van der Waals surface area (Å²) in [5, 5.41) is 0. The molecule has 28 heavy (non-hydrogen) atoms. The number of rotatable bonds is 3. The highest BCUT2D eigenvalue weighted by atomic mass is 16.5. The van der Waals surface area contributed by atoms with Crippen LogP contribution in [0, 0.1) is 34.5 Å². The zero-order chi connectivity index (χ0) is 19.4. The highest BCUT2D eigenvalue weighted by molar-refractivity contribution is 5.79. The van der Waals surface area contributed by atoms with Gasteiger partial charge in [0, 0.05) is 12.8 Å². The van der Waals surface area contributed by atoms with Gasteiger partial charge < -0.3 is 4.74 Å². The third-order valence-corrected chi connectivity index (χ3v) is 9.69. The van der Waals surface area contributed by atoms with Crippen LogP contribution in [0.25, 0.3) is 0 Å². The van der Waals surface area contributed by atoms with Crippen molar-refractivity contribution in [3.63, 3.8) is 0 Å². The molecule has 2 heteroatoms. The van der Waals surface area contributed by atoms with Gasteiger partial charge in [-0.15, -0.1) is 0 Å². The minimum Gasteiger partial charge on any atom is -0.373 e. The van der Waals surface area contributed by atoms with Gasteiger partial charge in [-0.25, -0.2) is 0 Å². The first-order valence-corrected chi connectivity index (χ1v) is 11.7. The van der Waals surface area contributed by atoms with Gasteiger partial charge in [0.05, 0.1) is 12.7 Å². The van der Waals surface area contributed by atoms with Crippen LogP contribution in [-0.4, -0.2) is 11.9 Å². The van der Waals surface area contributed by atoms with E-state index in [1.165, 1.54) is 44.1 Å². The average Bonchev–Trinajstić information content (AvgIpc) is 3.04. The summed E-state index contributed by atoms with van der Waals surface area (Å²) in [5.41, 5.74) is 2.06. The van der Waals surface area contributed by atoms with E-state index in [4.69, 9.17) is 4.74 Å². The summed E-state index contributed by atoms with van der Waals surface area (Å²) in [5.74, 6) is 3.70. The largest absolute Gasteiger partial charge is 0.373 e. The molecule has 0 spiro atoms. The molecule has 0 amide bonds. The Morgan fingerprint density at radius 2 is 1.71 bits per heavy atom. The first-order chi connectivity index (χ1) is 13.5. The lowest BCUT2D eigenvalue weighted by Crippen LogP contribution is -2.54. The molecule has 4 saturated carbocycles. The molecule has 152 valence electrons. The van der Waals surface area contributed by atoms with Crippen LogP contribution in [0.4, 0.5) is 0 Å². The highest BCUT2D eigenvalue weighted by Crippen LogP contribution is 2.66. The first-order valence-electron chi connectivity index (χ1n) is 11.7. The van der Waals surface area contributed by atoms with Gasteiger partial charge in [-0.3, -0.25) is 4.79 Å². The van der Waals surface area contributed by atoms with E-state index < -0.39 is 0 Å².